The second-order valence-electron chi connectivity index (χ2n) is 5.44. The maximum atomic E-state index is 13.0. The average molecular weight is 270 g/mol. The van der Waals surface area contributed by atoms with Crippen LogP contribution in [0.2, 0.25) is 5.02 Å². The maximum Gasteiger partial charge on any atom is 0.124 e. The van der Waals surface area contributed by atoms with E-state index in [-0.39, 0.29) is 5.82 Å². The SMILES string of the molecule is CCCNCC1(Cc2ccc(F)cc2Cl)CCC1. The Hall–Kier alpha value is -0.600. The minimum absolute atomic E-state index is 0.254. The second-order valence-corrected chi connectivity index (χ2v) is 5.85. The number of hydrogen-bond donors (Lipinski definition) is 1. The number of hydrogen-bond acceptors (Lipinski definition) is 1. The highest BCUT2D eigenvalue weighted by molar-refractivity contribution is 6.31. The molecule has 0 aliphatic heterocycles. The van der Waals surface area contributed by atoms with E-state index in [1.54, 1.807) is 0 Å². The summed E-state index contributed by atoms with van der Waals surface area (Å²) in [7, 11) is 0. The lowest BCUT2D eigenvalue weighted by atomic mass is 9.65. The van der Waals surface area contributed by atoms with Gasteiger partial charge in [-0.25, -0.2) is 4.39 Å². The average Bonchev–Trinajstić information content (AvgIpc) is 2.29. The minimum atomic E-state index is -0.254. The van der Waals surface area contributed by atoms with Crippen molar-refractivity contribution in [1.29, 1.82) is 0 Å². The van der Waals surface area contributed by atoms with E-state index in [9.17, 15) is 4.39 Å². The molecule has 0 amide bonds. The van der Waals surface area contributed by atoms with Gasteiger partial charge in [-0.3, -0.25) is 0 Å². The van der Waals surface area contributed by atoms with E-state index < -0.39 is 0 Å². The Morgan fingerprint density at radius 2 is 2.17 bits per heavy atom. The molecule has 0 unspecified atom stereocenters. The van der Waals surface area contributed by atoms with Gasteiger partial charge in [-0.15, -0.1) is 0 Å². The maximum absolute atomic E-state index is 13.0. The molecule has 0 aromatic heterocycles. The molecule has 1 aliphatic rings. The molecule has 0 radical (unpaired) electrons. The van der Waals surface area contributed by atoms with Crippen LogP contribution in [-0.2, 0) is 6.42 Å². The van der Waals surface area contributed by atoms with Gasteiger partial charge in [0, 0.05) is 11.6 Å². The fourth-order valence-electron chi connectivity index (χ4n) is 2.69. The number of rotatable bonds is 6. The van der Waals surface area contributed by atoms with Crippen LogP contribution in [0.15, 0.2) is 18.2 Å². The molecule has 3 heteroatoms. The molecule has 1 aromatic rings. The van der Waals surface area contributed by atoms with E-state index in [2.05, 4.69) is 12.2 Å². The molecule has 0 atom stereocenters. The van der Waals surface area contributed by atoms with Crippen LogP contribution in [0, 0.1) is 11.2 Å². The zero-order valence-electron chi connectivity index (χ0n) is 10.9. The Balaban J connectivity index is 2.01. The van der Waals surface area contributed by atoms with Crippen molar-refractivity contribution < 1.29 is 4.39 Å². The molecule has 18 heavy (non-hydrogen) atoms. The highest BCUT2D eigenvalue weighted by Crippen LogP contribution is 2.44. The van der Waals surface area contributed by atoms with Crippen molar-refractivity contribution in [2.24, 2.45) is 5.41 Å². The van der Waals surface area contributed by atoms with Crippen LogP contribution >= 0.6 is 11.6 Å². The summed E-state index contributed by atoms with van der Waals surface area (Å²) in [4.78, 5) is 0. The van der Waals surface area contributed by atoms with E-state index in [4.69, 9.17) is 11.6 Å². The topological polar surface area (TPSA) is 12.0 Å². The van der Waals surface area contributed by atoms with Gasteiger partial charge >= 0.3 is 0 Å². The Morgan fingerprint density at radius 3 is 2.72 bits per heavy atom. The Bertz CT molecular complexity index is 401. The van der Waals surface area contributed by atoms with Crippen LogP contribution in [0.5, 0.6) is 0 Å². The van der Waals surface area contributed by atoms with Gasteiger partial charge in [0.25, 0.3) is 0 Å². The molecule has 1 aromatic carbocycles. The van der Waals surface area contributed by atoms with Crippen LogP contribution in [-0.4, -0.2) is 13.1 Å². The Labute approximate surface area is 114 Å². The predicted molar refractivity (Wildman–Crippen MR) is 74.6 cm³/mol. The summed E-state index contributed by atoms with van der Waals surface area (Å²) < 4.78 is 13.0. The first-order valence-corrected chi connectivity index (χ1v) is 7.18. The van der Waals surface area contributed by atoms with Gasteiger partial charge in [0.2, 0.25) is 0 Å². The zero-order valence-corrected chi connectivity index (χ0v) is 11.7. The normalized spacial score (nSPS) is 17.5. The van der Waals surface area contributed by atoms with Crippen LogP contribution in [0.3, 0.4) is 0 Å². The summed E-state index contributed by atoms with van der Waals surface area (Å²) in [5.41, 5.74) is 1.42. The van der Waals surface area contributed by atoms with Gasteiger partial charge in [0.15, 0.2) is 0 Å². The number of benzene rings is 1. The predicted octanol–water partition coefficient (Wildman–Crippen LogP) is 4.19. The number of nitrogens with one attached hydrogen (secondary N) is 1. The van der Waals surface area contributed by atoms with Crippen molar-refractivity contribution in [1.82, 2.24) is 5.32 Å². The fraction of sp³-hybridized carbons (Fsp3) is 0.600. The highest BCUT2D eigenvalue weighted by Gasteiger charge is 2.36. The quantitative estimate of drug-likeness (QED) is 0.764. The van der Waals surface area contributed by atoms with Crippen LogP contribution in [0.25, 0.3) is 0 Å². The third kappa shape index (κ3) is 3.24. The standard InChI is InChI=1S/C15H21ClFN/c1-2-8-18-11-15(6-3-7-15)10-12-4-5-13(17)9-14(12)16/h4-5,9,18H,2-3,6-8,10-11H2,1H3. The molecular weight excluding hydrogens is 249 g/mol. The summed E-state index contributed by atoms with van der Waals surface area (Å²) >= 11 is 6.12. The van der Waals surface area contributed by atoms with E-state index >= 15 is 0 Å². The van der Waals surface area contributed by atoms with Crippen LogP contribution < -0.4 is 5.32 Å². The van der Waals surface area contributed by atoms with E-state index in [1.165, 1.54) is 31.4 Å². The molecule has 0 spiro atoms. The van der Waals surface area contributed by atoms with Gasteiger partial charge in [-0.1, -0.05) is 31.0 Å². The first-order chi connectivity index (χ1) is 8.65. The molecule has 1 aliphatic carbocycles. The second kappa shape index (κ2) is 6.03. The van der Waals surface area contributed by atoms with Gasteiger partial charge < -0.3 is 5.32 Å². The molecular formula is C15H21ClFN. The zero-order chi connectivity index (χ0) is 13.0. The summed E-state index contributed by atoms with van der Waals surface area (Å²) in [5.74, 6) is -0.254. The van der Waals surface area contributed by atoms with Gasteiger partial charge in [0.05, 0.1) is 0 Å². The summed E-state index contributed by atoms with van der Waals surface area (Å²) in [6.07, 6.45) is 5.91. The van der Waals surface area contributed by atoms with E-state index in [0.717, 1.165) is 31.5 Å². The van der Waals surface area contributed by atoms with Crippen LogP contribution in [0.1, 0.15) is 38.2 Å². The molecule has 0 bridgehead atoms. The lowest BCUT2D eigenvalue weighted by molar-refractivity contribution is 0.130. The molecule has 0 saturated heterocycles. The Morgan fingerprint density at radius 1 is 1.39 bits per heavy atom. The van der Waals surface area contributed by atoms with Crippen molar-refractivity contribution in [2.45, 2.75) is 39.0 Å². The Kier molecular flexibility index (Phi) is 4.63. The van der Waals surface area contributed by atoms with Crippen molar-refractivity contribution in [3.63, 3.8) is 0 Å². The summed E-state index contributed by atoms with van der Waals surface area (Å²) in [5, 5.41) is 4.08. The lowest BCUT2D eigenvalue weighted by Crippen LogP contribution is -2.42. The molecule has 100 valence electrons. The smallest absolute Gasteiger partial charge is 0.124 e. The van der Waals surface area contributed by atoms with Gasteiger partial charge in [-0.2, -0.15) is 0 Å². The van der Waals surface area contributed by atoms with Crippen LogP contribution in [0.4, 0.5) is 4.39 Å². The van der Waals surface area contributed by atoms with Crippen molar-refractivity contribution in [2.75, 3.05) is 13.1 Å². The fourth-order valence-corrected chi connectivity index (χ4v) is 2.93. The van der Waals surface area contributed by atoms with Crippen molar-refractivity contribution in [3.8, 4) is 0 Å². The molecule has 1 fully saturated rings. The van der Waals surface area contributed by atoms with Crippen molar-refractivity contribution in [3.05, 3.63) is 34.6 Å². The molecule has 1 nitrogen and oxygen atoms in total. The molecule has 0 heterocycles. The minimum Gasteiger partial charge on any atom is -0.316 e. The first kappa shape index (κ1) is 13.8. The third-order valence-electron chi connectivity index (χ3n) is 3.92. The third-order valence-corrected chi connectivity index (χ3v) is 4.27. The van der Waals surface area contributed by atoms with E-state index in [0.29, 0.717) is 10.4 Å². The molecule has 1 saturated carbocycles. The largest absolute Gasteiger partial charge is 0.316 e. The first-order valence-electron chi connectivity index (χ1n) is 6.80. The number of halogens is 2. The summed E-state index contributed by atoms with van der Waals surface area (Å²) in [6, 6.07) is 4.76. The van der Waals surface area contributed by atoms with Gasteiger partial charge in [-0.05, 0) is 55.3 Å². The van der Waals surface area contributed by atoms with E-state index in [1.807, 2.05) is 6.07 Å². The summed E-state index contributed by atoms with van der Waals surface area (Å²) in [6.45, 7) is 4.30. The lowest BCUT2D eigenvalue weighted by Gasteiger charge is -2.42. The molecule has 2 rings (SSSR count). The van der Waals surface area contributed by atoms with Crippen molar-refractivity contribution >= 4 is 11.6 Å². The molecule has 1 N–H and O–H groups in total. The monoisotopic (exact) mass is 269 g/mol. The van der Waals surface area contributed by atoms with Gasteiger partial charge in [0.1, 0.15) is 5.82 Å². The highest BCUT2D eigenvalue weighted by atomic mass is 35.5.